The predicted molar refractivity (Wildman–Crippen MR) is 100 cm³/mol. The minimum Gasteiger partial charge on any atom is -0.361 e. The molecule has 0 N–H and O–H groups in total. The summed E-state index contributed by atoms with van der Waals surface area (Å²) in [5.74, 6) is 1.26. The van der Waals surface area contributed by atoms with E-state index in [0.717, 1.165) is 54.3 Å². The van der Waals surface area contributed by atoms with Crippen LogP contribution in [0.2, 0.25) is 0 Å². The molecular weight excluding hydrogens is 342 g/mol. The Kier molecular flexibility index (Phi) is 4.51. The van der Waals surface area contributed by atoms with E-state index in [9.17, 15) is 4.79 Å². The molecule has 1 amide bonds. The first-order valence-electron chi connectivity index (χ1n) is 9.18. The molecule has 0 aliphatic carbocycles. The van der Waals surface area contributed by atoms with Gasteiger partial charge < -0.3 is 9.42 Å². The standard InChI is InChI=1S/C20H23N5O2/c1-13-19(14(2)27-23-13)18-6-4-5-17(22-18)9-15-7-8-25(11-15)20(26)16-10-21-24(3)12-16/h4-6,10,12,15H,7-9,11H2,1-3H3/t15-/m1/s1. The lowest BCUT2D eigenvalue weighted by Gasteiger charge is -2.15. The molecule has 7 nitrogen and oxygen atoms in total. The zero-order chi connectivity index (χ0) is 19.0. The van der Waals surface area contributed by atoms with Gasteiger partial charge >= 0.3 is 0 Å². The van der Waals surface area contributed by atoms with E-state index in [1.807, 2.05) is 44.0 Å². The number of hydrogen-bond donors (Lipinski definition) is 0. The SMILES string of the molecule is Cc1noc(C)c1-c1cccc(C[C@H]2CCN(C(=O)c3cnn(C)c3)C2)n1. The molecule has 0 aromatic carbocycles. The molecule has 27 heavy (non-hydrogen) atoms. The number of likely N-dealkylation sites (tertiary alicyclic amines) is 1. The van der Waals surface area contributed by atoms with E-state index in [0.29, 0.717) is 11.5 Å². The van der Waals surface area contributed by atoms with Crippen LogP contribution in [0.5, 0.6) is 0 Å². The average Bonchev–Trinajstić information content (AvgIpc) is 3.36. The molecule has 1 saturated heterocycles. The third-order valence-electron chi connectivity index (χ3n) is 5.12. The van der Waals surface area contributed by atoms with E-state index in [-0.39, 0.29) is 5.91 Å². The Balaban J connectivity index is 1.45. The van der Waals surface area contributed by atoms with Gasteiger partial charge in [-0.3, -0.25) is 14.5 Å². The van der Waals surface area contributed by atoms with Crippen molar-refractivity contribution < 1.29 is 9.32 Å². The van der Waals surface area contributed by atoms with Crippen LogP contribution < -0.4 is 0 Å². The van der Waals surface area contributed by atoms with Gasteiger partial charge in [0.25, 0.3) is 5.91 Å². The summed E-state index contributed by atoms with van der Waals surface area (Å²) in [7, 11) is 1.82. The van der Waals surface area contributed by atoms with Crippen LogP contribution in [0.4, 0.5) is 0 Å². The number of amides is 1. The number of carbonyl (C=O) groups excluding carboxylic acids is 1. The maximum Gasteiger partial charge on any atom is 0.257 e. The van der Waals surface area contributed by atoms with Crippen molar-refractivity contribution in [1.82, 2.24) is 24.8 Å². The summed E-state index contributed by atoms with van der Waals surface area (Å²) in [6.45, 7) is 5.37. The van der Waals surface area contributed by atoms with Crippen molar-refractivity contribution in [2.45, 2.75) is 26.7 Å². The number of nitrogens with zero attached hydrogens (tertiary/aromatic N) is 5. The van der Waals surface area contributed by atoms with Crippen LogP contribution in [0, 0.1) is 19.8 Å². The van der Waals surface area contributed by atoms with Crippen LogP contribution in [0.25, 0.3) is 11.3 Å². The molecule has 1 aliphatic rings. The van der Waals surface area contributed by atoms with Crippen molar-refractivity contribution in [3.8, 4) is 11.3 Å². The number of aryl methyl sites for hydroxylation is 3. The minimum atomic E-state index is 0.0584. The molecule has 4 rings (SSSR count). The van der Waals surface area contributed by atoms with Crippen LogP contribution in [0.3, 0.4) is 0 Å². The number of hydrogen-bond acceptors (Lipinski definition) is 5. The van der Waals surface area contributed by atoms with Crippen LogP contribution >= 0.6 is 0 Å². The molecule has 3 aromatic heterocycles. The summed E-state index contributed by atoms with van der Waals surface area (Å²) in [6, 6.07) is 6.06. The average molecular weight is 365 g/mol. The Hall–Kier alpha value is -2.96. The van der Waals surface area contributed by atoms with Gasteiger partial charge in [0.2, 0.25) is 0 Å². The second-order valence-electron chi connectivity index (χ2n) is 7.23. The molecule has 0 spiro atoms. The Morgan fingerprint density at radius 3 is 2.89 bits per heavy atom. The van der Waals surface area contributed by atoms with Crippen LogP contribution in [0.15, 0.2) is 35.1 Å². The molecule has 7 heteroatoms. The van der Waals surface area contributed by atoms with Crippen molar-refractivity contribution in [3.63, 3.8) is 0 Å². The highest BCUT2D eigenvalue weighted by Crippen LogP contribution is 2.27. The lowest BCUT2D eigenvalue weighted by atomic mass is 10.0. The molecule has 1 aliphatic heterocycles. The first kappa shape index (κ1) is 17.5. The van der Waals surface area contributed by atoms with Crippen molar-refractivity contribution in [1.29, 1.82) is 0 Å². The highest BCUT2D eigenvalue weighted by molar-refractivity contribution is 5.93. The van der Waals surface area contributed by atoms with E-state index >= 15 is 0 Å². The minimum absolute atomic E-state index is 0.0584. The van der Waals surface area contributed by atoms with Crippen molar-refractivity contribution in [2.24, 2.45) is 13.0 Å². The number of rotatable bonds is 4. The van der Waals surface area contributed by atoms with Gasteiger partial charge in [0.05, 0.1) is 28.7 Å². The summed E-state index contributed by atoms with van der Waals surface area (Å²) < 4.78 is 6.92. The van der Waals surface area contributed by atoms with Gasteiger partial charge in [-0.25, -0.2) is 0 Å². The van der Waals surface area contributed by atoms with Crippen LogP contribution in [-0.4, -0.2) is 43.8 Å². The highest BCUT2D eigenvalue weighted by Gasteiger charge is 2.28. The molecule has 140 valence electrons. The summed E-state index contributed by atoms with van der Waals surface area (Å²) in [5.41, 5.74) is 4.40. The van der Waals surface area contributed by atoms with Gasteiger partial charge in [-0.1, -0.05) is 11.2 Å². The Bertz CT molecular complexity index is 955. The summed E-state index contributed by atoms with van der Waals surface area (Å²) >= 11 is 0. The van der Waals surface area contributed by atoms with E-state index < -0.39 is 0 Å². The fraction of sp³-hybridized carbons (Fsp3) is 0.400. The number of aromatic nitrogens is 4. The smallest absolute Gasteiger partial charge is 0.257 e. The summed E-state index contributed by atoms with van der Waals surface area (Å²) in [4.78, 5) is 19.3. The van der Waals surface area contributed by atoms with Crippen molar-refractivity contribution in [2.75, 3.05) is 13.1 Å². The molecule has 4 heterocycles. The zero-order valence-electron chi connectivity index (χ0n) is 15.8. The fourth-order valence-electron chi connectivity index (χ4n) is 3.77. The first-order chi connectivity index (χ1) is 13.0. The van der Waals surface area contributed by atoms with Gasteiger partial charge in [0, 0.05) is 32.0 Å². The lowest BCUT2D eigenvalue weighted by Crippen LogP contribution is -2.28. The topological polar surface area (TPSA) is 77.0 Å². The molecule has 3 aromatic rings. The predicted octanol–water partition coefficient (Wildman–Crippen LogP) is 2.79. The zero-order valence-corrected chi connectivity index (χ0v) is 15.8. The second kappa shape index (κ2) is 6.98. The molecular formula is C20H23N5O2. The Morgan fingerprint density at radius 2 is 2.19 bits per heavy atom. The van der Waals surface area contributed by atoms with E-state index in [2.05, 4.69) is 10.3 Å². The van der Waals surface area contributed by atoms with E-state index in [1.165, 1.54) is 0 Å². The molecule has 0 radical (unpaired) electrons. The van der Waals surface area contributed by atoms with Crippen LogP contribution in [-0.2, 0) is 13.5 Å². The summed E-state index contributed by atoms with van der Waals surface area (Å²) in [6.07, 6.45) is 5.24. The Labute approximate surface area is 158 Å². The lowest BCUT2D eigenvalue weighted by molar-refractivity contribution is 0.0787. The maximum absolute atomic E-state index is 12.6. The largest absolute Gasteiger partial charge is 0.361 e. The molecule has 0 unspecified atom stereocenters. The highest BCUT2D eigenvalue weighted by atomic mass is 16.5. The Morgan fingerprint density at radius 1 is 1.33 bits per heavy atom. The molecule has 0 saturated carbocycles. The fourth-order valence-corrected chi connectivity index (χ4v) is 3.77. The van der Waals surface area contributed by atoms with Gasteiger partial charge in [-0.15, -0.1) is 0 Å². The van der Waals surface area contributed by atoms with E-state index in [4.69, 9.17) is 9.51 Å². The molecule has 1 fully saturated rings. The number of pyridine rings is 1. The second-order valence-corrected chi connectivity index (χ2v) is 7.23. The molecule has 1 atom stereocenters. The quantitative estimate of drug-likeness (QED) is 0.710. The van der Waals surface area contributed by atoms with Gasteiger partial charge in [0.1, 0.15) is 5.76 Å². The van der Waals surface area contributed by atoms with E-state index in [1.54, 1.807) is 17.1 Å². The maximum atomic E-state index is 12.6. The summed E-state index contributed by atoms with van der Waals surface area (Å²) in [5, 5.41) is 8.11. The van der Waals surface area contributed by atoms with Crippen LogP contribution in [0.1, 0.15) is 33.9 Å². The van der Waals surface area contributed by atoms with Gasteiger partial charge in [-0.05, 0) is 44.7 Å². The third-order valence-corrected chi connectivity index (χ3v) is 5.12. The third kappa shape index (κ3) is 3.49. The van der Waals surface area contributed by atoms with Crippen molar-refractivity contribution >= 4 is 5.91 Å². The first-order valence-corrected chi connectivity index (χ1v) is 9.18. The van der Waals surface area contributed by atoms with Gasteiger partial charge in [0.15, 0.2) is 0 Å². The normalized spacial score (nSPS) is 16.9. The molecule has 0 bridgehead atoms. The number of carbonyl (C=O) groups is 1. The monoisotopic (exact) mass is 365 g/mol. The van der Waals surface area contributed by atoms with Crippen molar-refractivity contribution in [3.05, 3.63) is 53.3 Å². The van der Waals surface area contributed by atoms with Gasteiger partial charge in [-0.2, -0.15) is 5.10 Å².